The number of pyridine rings is 1. The second-order valence-corrected chi connectivity index (χ2v) is 9.52. The molecule has 43 heavy (non-hydrogen) atoms. The van der Waals surface area contributed by atoms with Gasteiger partial charge in [0.15, 0.2) is 11.6 Å². The number of carboxylic acid groups (broad SMARTS) is 1. The summed E-state index contributed by atoms with van der Waals surface area (Å²) in [5, 5.41) is 15.5. The van der Waals surface area contributed by atoms with E-state index in [0.717, 1.165) is 22.9 Å². The van der Waals surface area contributed by atoms with Crippen LogP contribution in [0.5, 0.6) is 11.5 Å². The molecule has 2 amide bonds. The number of carbonyl (C=O) groups excluding carboxylic acids is 1. The van der Waals surface area contributed by atoms with Gasteiger partial charge in [0.2, 0.25) is 0 Å². The standard InChI is InChI=1S/C30H24F2N6O5/c31-19-2-5-21(6-3-19)38-29(40)23(9-14-35-38)28(39)36-20-4-8-26(24(32)17-20)43-25-10-13-34-27(33)22(25)7-1-18-11-15-37(16-12-18)30(41)42/h2-6,8-10,13-14,17-18H,11-12,15-16H2,(H2,33,34)(H,36,39)(H,41,42). The van der Waals surface area contributed by atoms with Crippen molar-refractivity contribution in [2.75, 3.05) is 24.1 Å². The predicted molar refractivity (Wildman–Crippen MR) is 152 cm³/mol. The van der Waals surface area contributed by atoms with Gasteiger partial charge in [-0.15, -0.1) is 0 Å². The van der Waals surface area contributed by atoms with E-state index in [-0.39, 0.29) is 45.7 Å². The Kier molecular flexibility index (Phi) is 8.29. The van der Waals surface area contributed by atoms with Crippen molar-refractivity contribution < 1.29 is 28.2 Å². The molecule has 0 unspecified atom stereocenters. The number of ether oxygens (including phenoxy) is 1. The number of piperidine rings is 1. The summed E-state index contributed by atoms with van der Waals surface area (Å²) in [6, 6.07) is 11.4. The van der Waals surface area contributed by atoms with E-state index in [1.165, 1.54) is 53.7 Å². The van der Waals surface area contributed by atoms with Gasteiger partial charge in [-0.3, -0.25) is 9.59 Å². The first-order valence-corrected chi connectivity index (χ1v) is 13.1. The zero-order valence-electron chi connectivity index (χ0n) is 22.5. The molecule has 4 N–H and O–H groups in total. The van der Waals surface area contributed by atoms with Crippen molar-refractivity contribution in [1.29, 1.82) is 0 Å². The summed E-state index contributed by atoms with van der Waals surface area (Å²) in [5.41, 5.74) is 5.59. The van der Waals surface area contributed by atoms with Crippen molar-refractivity contribution >= 4 is 23.5 Å². The molecule has 1 aliphatic heterocycles. The zero-order chi connectivity index (χ0) is 30.5. The topological polar surface area (TPSA) is 153 Å². The quantitative estimate of drug-likeness (QED) is 0.293. The van der Waals surface area contributed by atoms with Crippen LogP contribution < -0.4 is 21.3 Å². The van der Waals surface area contributed by atoms with Gasteiger partial charge in [0.05, 0.1) is 5.69 Å². The smallest absolute Gasteiger partial charge is 0.407 e. The van der Waals surface area contributed by atoms with E-state index >= 15 is 4.39 Å². The Labute approximate surface area is 243 Å². The van der Waals surface area contributed by atoms with Gasteiger partial charge < -0.3 is 25.8 Å². The number of amides is 2. The third-order valence-electron chi connectivity index (χ3n) is 6.68. The van der Waals surface area contributed by atoms with E-state index in [4.69, 9.17) is 15.6 Å². The predicted octanol–water partition coefficient (Wildman–Crippen LogP) is 4.27. The molecule has 0 spiro atoms. The monoisotopic (exact) mass is 586 g/mol. The third-order valence-corrected chi connectivity index (χ3v) is 6.68. The lowest BCUT2D eigenvalue weighted by Gasteiger charge is -2.27. The Morgan fingerprint density at radius 3 is 2.47 bits per heavy atom. The minimum atomic E-state index is -0.964. The number of halogens is 2. The minimum absolute atomic E-state index is 0.0529. The minimum Gasteiger partial charge on any atom is -0.465 e. The van der Waals surface area contributed by atoms with Crippen molar-refractivity contribution in [2.24, 2.45) is 5.92 Å². The summed E-state index contributed by atoms with van der Waals surface area (Å²) in [7, 11) is 0. The third kappa shape index (κ3) is 6.59. The van der Waals surface area contributed by atoms with Gasteiger partial charge in [-0.05, 0) is 55.3 Å². The first kappa shape index (κ1) is 28.7. The number of nitrogen functional groups attached to an aromatic ring is 1. The number of hydrogen-bond acceptors (Lipinski definition) is 7. The van der Waals surface area contributed by atoms with Crippen molar-refractivity contribution in [2.45, 2.75) is 12.8 Å². The van der Waals surface area contributed by atoms with E-state index in [1.54, 1.807) is 0 Å². The van der Waals surface area contributed by atoms with E-state index in [9.17, 15) is 18.8 Å². The van der Waals surface area contributed by atoms with Crippen LogP contribution in [0.25, 0.3) is 5.69 Å². The number of aromatic nitrogens is 3. The molecule has 0 radical (unpaired) electrons. The lowest BCUT2D eigenvalue weighted by molar-refractivity contribution is 0.102. The Morgan fingerprint density at radius 2 is 1.77 bits per heavy atom. The van der Waals surface area contributed by atoms with Gasteiger partial charge in [0.25, 0.3) is 11.5 Å². The molecule has 0 saturated carbocycles. The molecule has 3 heterocycles. The maximum atomic E-state index is 15.1. The fourth-order valence-corrected chi connectivity index (χ4v) is 4.39. The van der Waals surface area contributed by atoms with Crippen molar-refractivity contribution in [3.63, 3.8) is 0 Å². The van der Waals surface area contributed by atoms with E-state index < -0.39 is 29.2 Å². The summed E-state index contributed by atoms with van der Waals surface area (Å²) < 4.78 is 35.1. The average Bonchev–Trinajstić information content (AvgIpc) is 2.99. The Balaban J connectivity index is 1.30. The summed E-state index contributed by atoms with van der Waals surface area (Å²) in [6.07, 6.45) is 2.81. The molecule has 0 atom stereocenters. The molecule has 13 heteroatoms. The van der Waals surface area contributed by atoms with Crippen LogP contribution in [0.4, 0.5) is 25.1 Å². The lowest BCUT2D eigenvalue weighted by Crippen LogP contribution is -2.37. The molecule has 218 valence electrons. The van der Waals surface area contributed by atoms with Crippen molar-refractivity contribution in [3.8, 4) is 29.0 Å². The first-order valence-electron chi connectivity index (χ1n) is 13.1. The number of nitrogens with two attached hydrogens (primary N) is 1. The van der Waals surface area contributed by atoms with Crippen LogP contribution in [0.15, 0.2) is 71.8 Å². The number of rotatable bonds is 5. The Hall–Kier alpha value is -5.77. The molecule has 1 fully saturated rings. The number of nitrogens with one attached hydrogen (secondary N) is 1. The van der Waals surface area contributed by atoms with Crippen molar-refractivity contribution in [1.82, 2.24) is 19.7 Å². The SMILES string of the molecule is Nc1nccc(Oc2ccc(NC(=O)c3ccnn(-c4ccc(F)cc4)c3=O)cc2F)c1C#CC1CCN(C(=O)O)CC1. The van der Waals surface area contributed by atoms with Gasteiger partial charge in [-0.2, -0.15) is 9.78 Å². The molecule has 1 aliphatic rings. The van der Waals surface area contributed by atoms with Crippen molar-refractivity contribution in [3.05, 3.63) is 100 Å². The Bertz CT molecular complexity index is 1810. The number of likely N-dealkylation sites (tertiary alicyclic amines) is 1. The average molecular weight is 587 g/mol. The van der Waals surface area contributed by atoms with E-state index in [0.29, 0.717) is 25.9 Å². The van der Waals surface area contributed by atoms with Crippen LogP contribution in [-0.2, 0) is 0 Å². The maximum Gasteiger partial charge on any atom is 0.407 e. The van der Waals surface area contributed by atoms with Gasteiger partial charge in [0, 0.05) is 49.2 Å². The highest BCUT2D eigenvalue weighted by Crippen LogP contribution is 2.31. The van der Waals surface area contributed by atoms with Gasteiger partial charge >= 0.3 is 6.09 Å². The van der Waals surface area contributed by atoms with Gasteiger partial charge in [-0.25, -0.2) is 18.6 Å². The number of carbonyl (C=O) groups is 2. The fraction of sp³-hybridized carbons (Fsp3) is 0.167. The van der Waals surface area contributed by atoms with Gasteiger partial charge in [0.1, 0.15) is 28.5 Å². The largest absolute Gasteiger partial charge is 0.465 e. The highest BCUT2D eigenvalue weighted by Gasteiger charge is 2.21. The summed E-state index contributed by atoms with van der Waals surface area (Å²) in [6.45, 7) is 0.750. The molecule has 5 rings (SSSR count). The molecule has 2 aromatic heterocycles. The molecule has 11 nitrogen and oxygen atoms in total. The van der Waals surface area contributed by atoms with E-state index in [2.05, 4.69) is 27.2 Å². The van der Waals surface area contributed by atoms with Gasteiger partial charge in [-0.1, -0.05) is 11.8 Å². The second-order valence-electron chi connectivity index (χ2n) is 9.52. The molecular weight excluding hydrogens is 562 g/mol. The first-order chi connectivity index (χ1) is 20.7. The van der Waals surface area contributed by atoms with Crippen LogP contribution in [-0.4, -0.2) is 49.9 Å². The summed E-state index contributed by atoms with van der Waals surface area (Å²) in [5.74, 6) is 3.95. The van der Waals surface area contributed by atoms with Crippen LogP contribution in [0, 0.1) is 29.4 Å². The lowest BCUT2D eigenvalue weighted by atomic mass is 9.97. The number of hydrogen-bond donors (Lipinski definition) is 3. The molecule has 4 aromatic rings. The van der Waals surface area contributed by atoms with Crippen LogP contribution in [0.1, 0.15) is 28.8 Å². The number of nitrogens with zero attached hydrogens (tertiary/aromatic N) is 4. The second kappa shape index (κ2) is 12.4. The molecular formula is C30H24F2N6O5. The highest BCUT2D eigenvalue weighted by atomic mass is 19.1. The molecule has 2 aromatic carbocycles. The normalized spacial score (nSPS) is 13.1. The van der Waals surface area contributed by atoms with Crippen LogP contribution >= 0.6 is 0 Å². The maximum absolute atomic E-state index is 15.1. The van der Waals surface area contributed by atoms with E-state index in [1.807, 2.05) is 0 Å². The fourth-order valence-electron chi connectivity index (χ4n) is 4.39. The Morgan fingerprint density at radius 1 is 1.02 bits per heavy atom. The summed E-state index contributed by atoms with van der Waals surface area (Å²) in [4.78, 5) is 42.2. The summed E-state index contributed by atoms with van der Waals surface area (Å²) >= 11 is 0. The molecule has 0 aliphatic carbocycles. The molecule has 0 bridgehead atoms. The molecule has 1 saturated heterocycles. The number of anilines is 2. The highest BCUT2D eigenvalue weighted by molar-refractivity contribution is 6.04. The number of benzene rings is 2. The van der Waals surface area contributed by atoms with Crippen LogP contribution in [0.3, 0.4) is 0 Å². The zero-order valence-corrected chi connectivity index (χ0v) is 22.5. The van der Waals surface area contributed by atoms with Crippen LogP contribution in [0.2, 0.25) is 0 Å².